The number of carbonyl (C=O) groups excluding carboxylic acids is 3. The standard InChI is InChI=1S/C19H17NO7/c1-24-13-7-3-2-6-12(13)18(22)20-17(21)11-26-19(23)16-10-25-14-8-4-5-9-15(14)27-16/h2-9,16H,10-11H2,1H3,(H,20,21,22)/t16-/m1/s1. The second-order valence-corrected chi connectivity index (χ2v) is 5.55. The summed E-state index contributed by atoms with van der Waals surface area (Å²) in [5, 5.41) is 2.14. The van der Waals surface area contributed by atoms with Crippen molar-refractivity contribution in [2.24, 2.45) is 0 Å². The number of ether oxygens (including phenoxy) is 4. The molecular weight excluding hydrogens is 354 g/mol. The van der Waals surface area contributed by atoms with E-state index in [1.165, 1.54) is 13.2 Å². The van der Waals surface area contributed by atoms with Gasteiger partial charge in [-0.25, -0.2) is 4.79 Å². The molecule has 8 nitrogen and oxygen atoms in total. The zero-order valence-electron chi connectivity index (χ0n) is 14.5. The summed E-state index contributed by atoms with van der Waals surface area (Å²) in [6.07, 6.45) is -0.988. The number of imide groups is 1. The molecule has 0 bridgehead atoms. The van der Waals surface area contributed by atoms with Gasteiger partial charge in [0.25, 0.3) is 11.8 Å². The minimum atomic E-state index is -0.988. The molecule has 0 aromatic heterocycles. The van der Waals surface area contributed by atoms with Gasteiger partial charge in [-0.1, -0.05) is 24.3 Å². The summed E-state index contributed by atoms with van der Waals surface area (Å²) in [4.78, 5) is 36.1. The van der Waals surface area contributed by atoms with E-state index in [4.69, 9.17) is 18.9 Å². The van der Waals surface area contributed by atoms with E-state index in [2.05, 4.69) is 5.32 Å². The topological polar surface area (TPSA) is 100 Å². The van der Waals surface area contributed by atoms with Crippen LogP contribution in [0.4, 0.5) is 0 Å². The zero-order valence-corrected chi connectivity index (χ0v) is 14.5. The molecule has 1 aliphatic heterocycles. The molecule has 0 saturated carbocycles. The highest BCUT2D eigenvalue weighted by atomic mass is 16.6. The van der Waals surface area contributed by atoms with Gasteiger partial charge in [0.15, 0.2) is 18.1 Å². The van der Waals surface area contributed by atoms with Crippen LogP contribution >= 0.6 is 0 Å². The van der Waals surface area contributed by atoms with Gasteiger partial charge in [-0.15, -0.1) is 0 Å². The van der Waals surface area contributed by atoms with Crippen molar-refractivity contribution >= 4 is 17.8 Å². The van der Waals surface area contributed by atoms with Gasteiger partial charge < -0.3 is 18.9 Å². The van der Waals surface area contributed by atoms with Gasteiger partial charge in [0, 0.05) is 0 Å². The van der Waals surface area contributed by atoms with Crippen molar-refractivity contribution in [1.29, 1.82) is 0 Å². The molecule has 1 atom stereocenters. The van der Waals surface area contributed by atoms with E-state index in [1.54, 1.807) is 42.5 Å². The van der Waals surface area contributed by atoms with Crippen molar-refractivity contribution in [2.45, 2.75) is 6.10 Å². The number of rotatable bonds is 5. The Morgan fingerprint density at radius 2 is 1.78 bits per heavy atom. The van der Waals surface area contributed by atoms with E-state index < -0.39 is 30.5 Å². The predicted molar refractivity (Wildman–Crippen MR) is 92.8 cm³/mol. The van der Waals surface area contributed by atoms with E-state index in [0.29, 0.717) is 17.2 Å². The third-order valence-electron chi connectivity index (χ3n) is 3.72. The van der Waals surface area contributed by atoms with Crippen LogP contribution in [0.15, 0.2) is 48.5 Å². The number of benzene rings is 2. The third kappa shape index (κ3) is 4.35. The van der Waals surface area contributed by atoms with Crippen molar-refractivity contribution < 1.29 is 33.3 Å². The van der Waals surface area contributed by atoms with Crippen molar-refractivity contribution in [3.63, 3.8) is 0 Å². The first-order valence-electron chi connectivity index (χ1n) is 8.11. The van der Waals surface area contributed by atoms with E-state index in [0.717, 1.165) is 0 Å². The van der Waals surface area contributed by atoms with E-state index in [9.17, 15) is 14.4 Å². The first kappa shape index (κ1) is 18.2. The van der Waals surface area contributed by atoms with Crippen LogP contribution < -0.4 is 19.5 Å². The van der Waals surface area contributed by atoms with Gasteiger partial charge in [-0.2, -0.15) is 0 Å². The van der Waals surface area contributed by atoms with Gasteiger partial charge >= 0.3 is 5.97 Å². The first-order chi connectivity index (χ1) is 13.1. The number of hydrogen-bond donors (Lipinski definition) is 1. The first-order valence-corrected chi connectivity index (χ1v) is 8.11. The summed E-state index contributed by atoms with van der Waals surface area (Å²) >= 11 is 0. The highest BCUT2D eigenvalue weighted by molar-refractivity contribution is 6.06. The van der Waals surface area contributed by atoms with Crippen molar-refractivity contribution in [3.05, 3.63) is 54.1 Å². The fourth-order valence-electron chi connectivity index (χ4n) is 2.43. The Balaban J connectivity index is 1.50. The lowest BCUT2D eigenvalue weighted by Gasteiger charge is -2.24. The molecule has 0 saturated heterocycles. The van der Waals surface area contributed by atoms with Crippen molar-refractivity contribution in [1.82, 2.24) is 5.32 Å². The molecule has 140 valence electrons. The van der Waals surface area contributed by atoms with Crippen LogP contribution in [-0.2, 0) is 14.3 Å². The number of carbonyl (C=O) groups is 3. The number of nitrogens with one attached hydrogen (secondary N) is 1. The molecule has 3 rings (SSSR count). The van der Waals surface area contributed by atoms with Gasteiger partial charge in [0.05, 0.1) is 12.7 Å². The number of esters is 1. The second-order valence-electron chi connectivity index (χ2n) is 5.55. The number of methoxy groups -OCH3 is 1. The summed E-state index contributed by atoms with van der Waals surface area (Å²) in [6.45, 7) is -0.654. The number of hydrogen-bond acceptors (Lipinski definition) is 7. The smallest absolute Gasteiger partial charge is 0.351 e. The molecule has 1 aliphatic rings. The fourth-order valence-corrected chi connectivity index (χ4v) is 2.43. The molecule has 2 amide bonds. The van der Waals surface area contributed by atoms with Gasteiger partial charge in [0.1, 0.15) is 12.4 Å². The summed E-state index contributed by atoms with van der Waals surface area (Å²) in [5.41, 5.74) is 0.195. The average molecular weight is 371 g/mol. The minimum absolute atomic E-state index is 0.0301. The third-order valence-corrected chi connectivity index (χ3v) is 3.72. The molecule has 0 aliphatic carbocycles. The Morgan fingerprint density at radius 3 is 2.56 bits per heavy atom. The van der Waals surface area contributed by atoms with Crippen molar-refractivity contribution in [3.8, 4) is 17.2 Å². The highest BCUT2D eigenvalue weighted by Crippen LogP contribution is 2.31. The summed E-state index contributed by atoms with van der Waals surface area (Å²) in [6, 6.07) is 13.3. The maximum atomic E-state index is 12.1. The lowest BCUT2D eigenvalue weighted by atomic mass is 10.2. The van der Waals surface area contributed by atoms with Gasteiger partial charge in [-0.05, 0) is 24.3 Å². The Kier molecular flexibility index (Phi) is 5.55. The van der Waals surface area contributed by atoms with Gasteiger partial charge in [0.2, 0.25) is 6.10 Å². The maximum Gasteiger partial charge on any atom is 0.351 e. The summed E-state index contributed by atoms with van der Waals surface area (Å²) in [7, 11) is 1.42. The minimum Gasteiger partial charge on any atom is -0.496 e. The molecule has 0 spiro atoms. The molecule has 0 fully saturated rings. The summed E-state index contributed by atoms with van der Waals surface area (Å²) < 4.78 is 20.9. The Hall–Kier alpha value is -3.55. The van der Waals surface area contributed by atoms with Crippen LogP contribution in [0.2, 0.25) is 0 Å². The predicted octanol–water partition coefficient (Wildman–Crippen LogP) is 1.33. The van der Waals surface area contributed by atoms with E-state index in [1.807, 2.05) is 0 Å². The summed E-state index contributed by atoms with van der Waals surface area (Å²) in [5.74, 6) is -0.908. The normalized spacial score (nSPS) is 14.8. The second kappa shape index (κ2) is 8.22. The molecule has 1 N–H and O–H groups in total. The highest BCUT2D eigenvalue weighted by Gasteiger charge is 2.29. The number of amides is 2. The molecule has 8 heteroatoms. The molecule has 0 unspecified atom stereocenters. The lowest BCUT2D eigenvalue weighted by molar-refractivity contribution is -0.157. The van der Waals surface area contributed by atoms with Crippen LogP contribution in [0.5, 0.6) is 17.2 Å². The molecule has 27 heavy (non-hydrogen) atoms. The lowest BCUT2D eigenvalue weighted by Crippen LogP contribution is -2.40. The van der Waals surface area contributed by atoms with E-state index in [-0.39, 0.29) is 12.2 Å². The van der Waals surface area contributed by atoms with Crippen LogP contribution in [-0.4, -0.2) is 44.2 Å². The van der Waals surface area contributed by atoms with Crippen LogP contribution in [0.3, 0.4) is 0 Å². The molecular formula is C19H17NO7. The van der Waals surface area contributed by atoms with Crippen molar-refractivity contribution in [2.75, 3.05) is 20.3 Å². The van der Waals surface area contributed by atoms with Crippen LogP contribution in [0, 0.1) is 0 Å². The largest absolute Gasteiger partial charge is 0.496 e. The Morgan fingerprint density at radius 1 is 1.07 bits per heavy atom. The molecule has 0 radical (unpaired) electrons. The van der Waals surface area contributed by atoms with Gasteiger partial charge in [-0.3, -0.25) is 14.9 Å². The zero-order chi connectivity index (χ0) is 19.2. The molecule has 2 aromatic carbocycles. The average Bonchev–Trinajstić information content (AvgIpc) is 2.71. The quantitative estimate of drug-likeness (QED) is 0.792. The number of fused-ring (bicyclic) bond motifs is 1. The number of para-hydroxylation sites is 3. The SMILES string of the molecule is COc1ccccc1C(=O)NC(=O)COC(=O)[C@H]1COc2ccccc2O1. The Labute approximate surface area is 155 Å². The van der Waals surface area contributed by atoms with E-state index >= 15 is 0 Å². The Bertz CT molecular complexity index is 865. The van der Waals surface area contributed by atoms with Crippen LogP contribution in [0.1, 0.15) is 10.4 Å². The molecule has 2 aromatic rings. The fraction of sp³-hybridized carbons (Fsp3) is 0.211. The maximum absolute atomic E-state index is 12.1. The molecule has 1 heterocycles. The monoisotopic (exact) mass is 371 g/mol. The van der Waals surface area contributed by atoms with Crippen LogP contribution in [0.25, 0.3) is 0 Å².